The molecule has 1 heterocycles. The summed E-state index contributed by atoms with van der Waals surface area (Å²) in [5, 5.41) is 3.55. The zero-order valence-corrected chi connectivity index (χ0v) is 8.14. The van der Waals surface area contributed by atoms with Gasteiger partial charge >= 0.3 is 0 Å². The molecule has 0 saturated carbocycles. The number of carbonyl (C=O) groups is 1. The number of morpholine rings is 1. The number of carbonyl (C=O) groups excluding carboxylic acids is 1. The quantitative estimate of drug-likeness (QED) is 0.362. The molecule has 0 unspecified atom stereocenters. The highest BCUT2D eigenvalue weighted by Crippen LogP contribution is 1.92. The molecule has 78 valence electrons. The number of nitrogens with zero attached hydrogens (tertiary/aromatic N) is 3. The number of nitrogens with one attached hydrogen (secondary N) is 1. The van der Waals surface area contributed by atoms with E-state index in [1.807, 2.05) is 4.90 Å². The van der Waals surface area contributed by atoms with Crippen molar-refractivity contribution < 1.29 is 9.53 Å². The van der Waals surface area contributed by atoms with Crippen molar-refractivity contribution in [3.8, 4) is 0 Å². The van der Waals surface area contributed by atoms with Gasteiger partial charge in [-0.3, -0.25) is 4.79 Å². The summed E-state index contributed by atoms with van der Waals surface area (Å²) in [6.45, 7) is 2.93. The molecule has 0 aromatic rings. The van der Waals surface area contributed by atoms with E-state index < -0.39 is 0 Å². The van der Waals surface area contributed by atoms with Crippen molar-refractivity contribution in [2.45, 2.75) is 0 Å². The topological polar surface area (TPSA) is 66.3 Å². The van der Waals surface area contributed by atoms with Gasteiger partial charge in [0.1, 0.15) is 6.21 Å². The Morgan fingerprint density at radius 2 is 2.21 bits per heavy atom. The Hall–Kier alpha value is -1.43. The van der Waals surface area contributed by atoms with Crippen LogP contribution in [0.4, 0.5) is 0 Å². The van der Waals surface area contributed by atoms with Crippen LogP contribution in [-0.4, -0.2) is 56.7 Å². The van der Waals surface area contributed by atoms with E-state index in [0.29, 0.717) is 13.2 Å². The summed E-state index contributed by atoms with van der Waals surface area (Å²) in [5.41, 5.74) is 2.48. The van der Waals surface area contributed by atoms with Gasteiger partial charge in [0, 0.05) is 20.1 Å². The van der Waals surface area contributed by atoms with E-state index in [0.717, 1.165) is 19.3 Å². The van der Waals surface area contributed by atoms with Crippen LogP contribution in [-0.2, 0) is 9.53 Å². The van der Waals surface area contributed by atoms with Crippen LogP contribution in [0, 0.1) is 0 Å². The Morgan fingerprint density at radius 3 is 2.86 bits per heavy atom. The number of aliphatic imine (C=N–C) groups is 1. The number of hydrogen-bond donors (Lipinski definition) is 1. The molecule has 0 spiro atoms. The van der Waals surface area contributed by atoms with Gasteiger partial charge in [0.25, 0.3) is 5.91 Å². The van der Waals surface area contributed by atoms with Gasteiger partial charge in [-0.05, 0) is 0 Å². The summed E-state index contributed by atoms with van der Waals surface area (Å²) in [7, 11) is 1.62. The second-order valence-electron chi connectivity index (χ2n) is 2.71. The maximum atomic E-state index is 11.0. The van der Waals surface area contributed by atoms with Crippen LogP contribution in [0.2, 0.25) is 0 Å². The average Bonchev–Trinajstić information content (AvgIpc) is 2.25. The number of hydrogen-bond acceptors (Lipinski definition) is 4. The third-order valence-electron chi connectivity index (χ3n) is 1.70. The fourth-order valence-electron chi connectivity index (χ4n) is 0.985. The monoisotopic (exact) mass is 198 g/mol. The Kier molecular flexibility index (Phi) is 4.63. The van der Waals surface area contributed by atoms with Gasteiger partial charge in [-0.2, -0.15) is 10.1 Å². The Balaban J connectivity index is 2.30. The van der Waals surface area contributed by atoms with E-state index in [2.05, 4.69) is 15.5 Å². The molecular weight excluding hydrogens is 184 g/mol. The first-order valence-corrected chi connectivity index (χ1v) is 4.42. The van der Waals surface area contributed by atoms with Crippen molar-refractivity contribution in [3.05, 3.63) is 0 Å². The molecule has 6 heteroatoms. The highest BCUT2D eigenvalue weighted by Gasteiger charge is 2.05. The lowest BCUT2D eigenvalue weighted by atomic mass is 10.5. The molecule has 1 aliphatic rings. The second-order valence-corrected chi connectivity index (χ2v) is 2.71. The first-order valence-electron chi connectivity index (χ1n) is 4.42. The van der Waals surface area contributed by atoms with Crippen LogP contribution in [0.15, 0.2) is 10.1 Å². The van der Waals surface area contributed by atoms with Gasteiger partial charge in [-0.25, -0.2) is 0 Å². The molecule has 1 aliphatic heterocycles. The largest absolute Gasteiger partial charge is 0.378 e. The fourth-order valence-corrected chi connectivity index (χ4v) is 0.985. The molecule has 0 aliphatic carbocycles. The SMILES string of the molecule is CN/N=C\C(=O)N=CN1CCOCC1. The number of amides is 1. The normalized spacial score (nSPS) is 17.9. The van der Waals surface area contributed by atoms with Crippen molar-refractivity contribution in [1.82, 2.24) is 10.3 Å². The zero-order valence-electron chi connectivity index (χ0n) is 8.14. The minimum atomic E-state index is -0.370. The van der Waals surface area contributed by atoms with Crippen LogP contribution in [0.25, 0.3) is 0 Å². The Labute approximate surface area is 82.6 Å². The number of ether oxygens (including phenoxy) is 1. The van der Waals surface area contributed by atoms with Crippen molar-refractivity contribution in [3.63, 3.8) is 0 Å². The minimum absolute atomic E-state index is 0.370. The van der Waals surface area contributed by atoms with Crippen LogP contribution < -0.4 is 5.43 Å². The Bertz CT molecular complexity index is 233. The predicted molar refractivity (Wildman–Crippen MR) is 53.4 cm³/mol. The van der Waals surface area contributed by atoms with Gasteiger partial charge in [0.15, 0.2) is 0 Å². The van der Waals surface area contributed by atoms with E-state index >= 15 is 0 Å². The van der Waals surface area contributed by atoms with E-state index in [9.17, 15) is 4.79 Å². The molecule has 0 radical (unpaired) electrons. The molecule has 0 atom stereocenters. The summed E-state index contributed by atoms with van der Waals surface area (Å²) < 4.78 is 5.15. The van der Waals surface area contributed by atoms with Gasteiger partial charge < -0.3 is 15.1 Å². The summed E-state index contributed by atoms with van der Waals surface area (Å²) >= 11 is 0. The fraction of sp³-hybridized carbons (Fsp3) is 0.625. The standard InChI is InChI=1S/C8H14N4O2/c1-9-11-6-8(13)10-7-12-2-4-14-5-3-12/h6-7,9H,2-5H2,1H3/b10-7?,11-6-. The predicted octanol–water partition coefficient (Wildman–Crippen LogP) is -0.921. The van der Waals surface area contributed by atoms with E-state index in [1.165, 1.54) is 6.34 Å². The lowest BCUT2D eigenvalue weighted by molar-refractivity contribution is -0.111. The lowest BCUT2D eigenvalue weighted by Crippen LogP contribution is -2.35. The van der Waals surface area contributed by atoms with Crippen LogP contribution in [0.1, 0.15) is 0 Å². The molecule has 1 saturated heterocycles. The molecule has 1 amide bonds. The first-order chi connectivity index (χ1) is 6.83. The van der Waals surface area contributed by atoms with Crippen LogP contribution in [0.3, 0.4) is 0 Å². The summed E-state index contributed by atoms with van der Waals surface area (Å²) in [6, 6.07) is 0. The third kappa shape index (κ3) is 3.99. The number of hydrazone groups is 1. The molecular formula is C8H14N4O2. The third-order valence-corrected chi connectivity index (χ3v) is 1.70. The summed E-state index contributed by atoms with van der Waals surface area (Å²) in [5.74, 6) is -0.370. The maximum Gasteiger partial charge on any atom is 0.291 e. The van der Waals surface area contributed by atoms with Crippen LogP contribution in [0.5, 0.6) is 0 Å². The van der Waals surface area contributed by atoms with E-state index in [4.69, 9.17) is 4.74 Å². The van der Waals surface area contributed by atoms with E-state index in [1.54, 1.807) is 7.05 Å². The molecule has 1 N–H and O–H groups in total. The van der Waals surface area contributed by atoms with Crippen molar-refractivity contribution in [1.29, 1.82) is 0 Å². The number of rotatable bonds is 3. The van der Waals surface area contributed by atoms with Crippen molar-refractivity contribution in [2.24, 2.45) is 10.1 Å². The maximum absolute atomic E-state index is 11.0. The average molecular weight is 198 g/mol. The first kappa shape index (κ1) is 10.6. The van der Waals surface area contributed by atoms with Gasteiger partial charge in [0.05, 0.1) is 19.6 Å². The second kappa shape index (κ2) is 6.09. The highest BCUT2D eigenvalue weighted by atomic mass is 16.5. The molecule has 6 nitrogen and oxygen atoms in total. The van der Waals surface area contributed by atoms with Crippen molar-refractivity contribution in [2.75, 3.05) is 33.4 Å². The Morgan fingerprint density at radius 1 is 1.50 bits per heavy atom. The lowest BCUT2D eigenvalue weighted by Gasteiger charge is -2.23. The molecule has 1 rings (SSSR count). The summed E-state index contributed by atoms with van der Waals surface area (Å²) in [4.78, 5) is 16.6. The molecule has 0 bridgehead atoms. The summed E-state index contributed by atoms with van der Waals surface area (Å²) in [6.07, 6.45) is 2.67. The molecule has 1 fully saturated rings. The molecule has 0 aromatic heterocycles. The van der Waals surface area contributed by atoms with Crippen LogP contribution >= 0.6 is 0 Å². The van der Waals surface area contributed by atoms with Crippen molar-refractivity contribution >= 4 is 18.5 Å². The van der Waals surface area contributed by atoms with Gasteiger partial charge in [-0.1, -0.05) is 0 Å². The molecule has 0 aromatic carbocycles. The highest BCUT2D eigenvalue weighted by molar-refractivity contribution is 6.27. The van der Waals surface area contributed by atoms with Gasteiger partial charge in [0.2, 0.25) is 0 Å². The van der Waals surface area contributed by atoms with E-state index in [-0.39, 0.29) is 5.91 Å². The zero-order chi connectivity index (χ0) is 10.2. The molecule has 14 heavy (non-hydrogen) atoms. The van der Waals surface area contributed by atoms with Gasteiger partial charge in [-0.15, -0.1) is 0 Å². The smallest absolute Gasteiger partial charge is 0.291 e. The minimum Gasteiger partial charge on any atom is -0.378 e.